The quantitative estimate of drug-likeness (QED) is 0.874. The molecule has 2 unspecified atom stereocenters. The zero-order chi connectivity index (χ0) is 14.7. The predicted molar refractivity (Wildman–Crippen MR) is 88.3 cm³/mol. The van der Waals surface area contributed by atoms with E-state index >= 15 is 0 Å². The smallest absolute Gasteiger partial charge is 0.0398 e. The van der Waals surface area contributed by atoms with Crippen LogP contribution in [0.2, 0.25) is 0 Å². The van der Waals surface area contributed by atoms with E-state index in [4.69, 9.17) is 0 Å². The van der Waals surface area contributed by atoms with E-state index in [1.807, 2.05) is 0 Å². The van der Waals surface area contributed by atoms with Gasteiger partial charge in [0.15, 0.2) is 0 Å². The molecule has 1 N–H and O–H groups in total. The first kappa shape index (κ1) is 15.4. The highest BCUT2D eigenvalue weighted by atomic mass is 15.2. The molecule has 2 heteroatoms. The summed E-state index contributed by atoms with van der Waals surface area (Å²) in [6.07, 6.45) is 1.32. The van der Waals surface area contributed by atoms with Crippen LogP contribution in [0.15, 0.2) is 18.2 Å². The molecule has 1 aromatic carbocycles. The lowest BCUT2D eigenvalue weighted by Gasteiger charge is -2.26. The fourth-order valence-electron chi connectivity index (χ4n) is 3.29. The van der Waals surface area contributed by atoms with Crippen molar-refractivity contribution in [2.45, 2.75) is 53.6 Å². The number of hydrogen-bond donors (Lipinski definition) is 1. The molecule has 0 aromatic heterocycles. The lowest BCUT2D eigenvalue weighted by Crippen LogP contribution is -2.27. The first-order chi connectivity index (χ1) is 9.47. The maximum atomic E-state index is 3.52. The lowest BCUT2D eigenvalue weighted by molar-refractivity contribution is 0.552. The highest BCUT2D eigenvalue weighted by Crippen LogP contribution is 2.31. The van der Waals surface area contributed by atoms with Crippen molar-refractivity contribution in [1.29, 1.82) is 0 Å². The summed E-state index contributed by atoms with van der Waals surface area (Å²) in [7, 11) is 0. The Morgan fingerprint density at radius 1 is 1.30 bits per heavy atom. The van der Waals surface area contributed by atoms with Crippen LogP contribution in [0.4, 0.5) is 5.69 Å². The second-order valence-corrected chi connectivity index (χ2v) is 6.99. The monoisotopic (exact) mass is 274 g/mol. The number of anilines is 1. The molecule has 1 fully saturated rings. The van der Waals surface area contributed by atoms with Crippen LogP contribution in [0, 0.1) is 18.8 Å². The minimum atomic E-state index is 0.675. The van der Waals surface area contributed by atoms with Crippen molar-refractivity contribution < 1.29 is 0 Å². The Bertz CT molecular complexity index is 439. The molecular weight excluding hydrogens is 244 g/mol. The van der Waals surface area contributed by atoms with Gasteiger partial charge in [-0.15, -0.1) is 0 Å². The molecule has 1 aliphatic rings. The fourth-order valence-corrected chi connectivity index (χ4v) is 3.29. The maximum absolute atomic E-state index is 3.52. The second-order valence-electron chi connectivity index (χ2n) is 6.99. The molecule has 0 radical (unpaired) electrons. The maximum Gasteiger partial charge on any atom is 0.0398 e. The molecular formula is C18H30N2. The Kier molecular flexibility index (Phi) is 5.09. The van der Waals surface area contributed by atoms with Crippen molar-refractivity contribution in [3.63, 3.8) is 0 Å². The first-order valence-electron chi connectivity index (χ1n) is 8.04. The average molecular weight is 274 g/mol. The van der Waals surface area contributed by atoms with E-state index in [2.05, 4.69) is 63.0 Å². The summed E-state index contributed by atoms with van der Waals surface area (Å²) in [6, 6.07) is 7.62. The molecule has 2 nitrogen and oxygen atoms in total. The van der Waals surface area contributed by atoms with Gasteiger partial charge in [0.2, 0.25) is 0 Å². The van der Waals surface area contributed by atoms with Crippen molar-refractivity contribution in [2.24, 2.45) is 11.8 Å². The lowest BCUT2D eigenvalue weighted by atomic mass is 10.1. The molecule has 0 amide bonds. The molecule has 112 valence electrons. The van der Waals surface area contributed by atoms with Crippen molar-refractivity contribution in [1.82, 2.24) is 5.32 Å². The van der Waals surface area contributed by atoms with Gasteiger partial charge >= 0.3 is 0 Å². The van der Waals surface area contributed by atoms with E-state index in [0.29, 0.717) is 12.0 Å². The number of rotatable bonds is 5. The summed E-state index contributed by atoms with van der Waals surface area (Å²) in [6.45, 7) is 14.7. The number of nitrogens with zero attached hydrogens (tertiary/aromatic N) is 1. The Morgan fingerprint density at radius 2 is 2.05 bits per heavy atom. The van der Waals surface area contributed by atoms with Crippen LogP contribution >= 0.6 is 0 Å². The fraction of sp³-hybridized carbons (Fsp3) is 0.667. The van der Waals surface area contributed by atoms with Gasteiger partial charge in [0.05, 0.1) is 0 Å². The molecule has 1 heterocycles. The van der Waals surface area contributed by atoms with Gasteiger partial charge in [0.1, 0.15) is 0 Å². The number of nitrogens with one attached hydrogen (secondary N) is 1. The average Bonchev–Trinajstić information content (AvgIpc) is 2.68. The van der Waals surface area contributed by atoms with Crippen molar-refractivity contribution in [2.75, 3.05) is 18.0 Å². The van der Waals surface area contributed by atoms with Gasteiger partial charge in [-0.25, -0.2) is 0 Å². The van der Waals surface area contributed by atoms with Crippen LogP contribution in [0.5, 0.6) is 0 Å². The highest BCUT2D eigenvalue weighted by molar-refractivity contribution is 5.56. The molecule has 1 saturated heterocycles. The summed E-state index contributed by atoms with van der Waals surface area (Å²) >= 11 is 0. The van der Waals surface area contributed by atoms with Crippen molar-refractivity contribution >= 4 is 5.69 Å². The van der Waals surface area contributed by atoms with Gasteiger partial charge in [0, 0.05) is 24.8 Å². The molecule has 2 rings (SSSR count). The normalized spacial score (nSPS) is 22.8. The number of hydrogen-bond acceptors (Lipinski definition) is 2. The van der Waals surface area contributed by atoms with Gasteiger partial charge in [-0.1, -0.05) is 32.9 Å². The van der Waals surface area contributed by atoms with Gasteiger partial charge in [0.25, 0.3) is 0 Å². The van der Waals surface area contributed by atoms with E-state index in [-0.39, 0.29) is 0 Å². The van der Waals surface area contributed by atoms with Gasteiger partial charge in [-0.2, -0.15) is 0 Å². The topological polar surface area (TPSA) is 15.3 Å². The van der Waals surface area contributed by atoms with Crippen molar-refractivity contribution in [3.8, 4) is 0 Å². The molecule has 20 heavy (non-hydrogen) atoms. The minimum Gasteiger partial charge on any atom is -0.368 e. The van der Waals surface area contributed by atoms with Gasteiger partial charge < -0.3 is 10.2 Å². The zero-order valence-electron chi connectivity index (χ0n) is 13.7. The third-order valence-corrected chi connectivity index (χ3v) is 4.24. The van der Waals surface area contributed by atoms with Gasteiger partial charge in [-0.05, 0) is 55.8 Å². The summed E-state index contributed by atoms with van der Waals surface area (Å²) < 4.78 is 0. The SMILES string of the molecule is Cc1cc(CNCC(C)C)ccc1N1CC(C)CC1C. The van der Waals surface area contributed by atoms with E-state index < -0.39 is 0 Å². The van der Waals surface area contributed by atoms with Crippen LogP contribution in [-0.2, 0) is 6.54 Å². The Hall–Kier alpha value is -1.02. The molecule has 0 aliphatic carbocycles. The molecule has 0 bridgehead atoms. The largest absolute Gasteiger partial charge is 0.368 e. The minimum absolute atomic E-state index is 0.675. The Morgan fingerprint density at radius 3 is 2.60 bits per heavy atom. The summed E-state index contributed by atoms with van der Waals surface area (Å²) in [5, 5.41) is 3.52. The van der Waals surface area contributed by atoms with Crippen LogP contribution in [0.25, 0.3) is 0 Å². The molecule has 0 saturated carbocycles. The Balaban J connectivity index is 2.02. The third kappa shape index (κ3) is 3.76. The number of aryl methyl sites for hydroxylation is 1. The predicted octanol–water partition coefficient (Wildman–Crippen LogP) is 3.98. The van der Waals surface area contributed by atoms with Crippen molar-refractivity contribution in [3.05, 3.63) is 29.3 Å². The van der Waals surface area contributed by atoms with Crippen LogP contribution in [-0.4, -0.2) is 19.1 Å². The standard InChI is InChI=1S/C18H30N2/c1-13(2)10-19-11-17-6-7-18(15(4)9-17)20-12-14(3)8-16(20)5/h6-7,9,13-14,16,19H,8,10-12H2,1-5H3. The molecule has 1 aliphatic heterocycles. The van der Waals surface area contributed by atoms with Gasteiger partial charge in [-0.3, -0.25) is 0 Å². The third-order valence-electron chi connectivity index (χ3n) is 4.24. The highest BCUT2D eigenvalue weighted by Gasteiger charge is 2.26. The summed E-state index contributed by atoms with van der Waals surface area (Å²) in [4.78, 5) is 2.57. The first-order valence-corrected chi connectivity index (χ1v) is 8.04. The summed E-state index contributed by atoms with van der Waals surface area (Å²) in [5.41, 5.74) is 4.23. The van der Waals surface area contributed by atoms with Crippen LogP contribution < -0.4 is 10.2 Å². The van der Waals surface area contributed by atoms with Crippen LogP contribution in [0.3, 0.4) is 0 Å². The van der Waals surface area contributed by atoms with E-state index in [9.17, 15) is 0 Å². The molecule has 1 aromatic rings. The molecule has 0 spiro atoms. The zero-order valence-corrected chi connectivity index (χ0v) is 13.7. The van der Waals surface area contributed by atoms with E-state index in [1.165, 1.54) is 29.8 Å². The van der Waals surface area contributed by atoms with E-state index in [1.54, 1.807) is 0 Å². The number of benzene rings is 1. The summed E-state index contributed by atoms with van der Waals surface area (Å²) in [5.74, 6) is 1.53. The Labute approximate surface area is 124 Å². The van der Waals surface area contributed by atoms with E-state index in [0.717, 1.165) is 19.0 Å². The second kappa shape index (κ2) is 6.62. The van der Waals surface area contributed by atoms with Crippen LogP contribution in [0.1, 0.15) is 45.2 Å². The molecule has 2 atom stereocenters.